The van der Waals surface area contributed by atoms with Crippen LogP contribution in [0.4, 0.5) is 0 Å². The molecule has 0 amide bonds. The number of nitrogens with zero attached hydrogens (tertiary/aromatic N) is 7. The molecule has 2 aliphatic rings. The number of aromatic amines is 2. The summed E-state index contributed by atoms with van der Waals surface area (Å²) in [6.45, 7) is -1.08. The first-order chi connectivity index (χ1) is 24.6. The third-order valence-electron chi connectivity index (χ3n) is 8.66. The number of aromatic nitrogens is 8. The normalized spacial score (nSPS) is 12.5. The van der Waals surface area contributed by atoms with E-state index in [2.05, 4.69) is 9.97 Å². The quantitative estimate of drug-likeness (QED) is 0.139. The molecule has 1 radical (unpaired) electrons. The summed E-state index contributed by atoms with van der Waals surface area (Å²) in [4.78, 5) is 35.2. The summed E-state index contributed by atoms with van der Waals surface area (Å²) in [5, 5.41) is 1.93. The number of hydrogen-bond acceptors (Lipinski definition) is 11. The summed E-state index contributed by atoms with van der Waals surface area (Å²) >= 11 is 0. The van der Waals surface area contributed by atoms with Crippen LogP contribution in [0, 0.1) is 0 Å². The van der Waals surface area contributed by atoms with Gasteiger partial charge in [-0.25, -0.2) is 38.3 Å². The van der Waals surface area contributed by atoms with Gasteiger partial charge in [-0.05, 0) is 6.07 Å². The summed E-state index contributed by atoms with van der Waals surface area (Å²) in [5.74, 6) is 1.25. The molecular weight excluding hydrogens is 756 g/mol. The van der Waals surface area contributed by atoms with Crippen molar-refractivity contribution in [3.8, 4) is 45.6 Å². The minimum atomic E-state index is -5.25. The Labute approximate surface area is 305 Å². The zero-order valence-electron chi connectivity index (χ0n) is 26.5. The van der Waals surface area contributed by atoms with Crippen LogP contribution in [0.3, 0.4) is 0 Å². The second kappa shape index (κ2) is 12.3. The van der Waals surface area contributed by atoms with Gasteiger partial charge in [0.2, 0.25) is 0 Å². The van der Waals surface area contributed by atoms with E-state index in [9.17, 15) is 21.4 Å². The molecule has 8 bridgehead atoms. The molecule has 9 rings (SSSR count). The molecule has 3 aromatic heterocycles. The third-order valence-corrected chi connectivity index (χ3v) is 12.1. The van der Waals surface area contributed by atoms with Crippen molar-refractivity contribution in [2.24, 2.45) is 5.73 Å². The average Bonchev–Trinajstić information content (AvgIpc) is 3.85. The van der Waals surface area contributed by atoms with E-state index in [0.29, 0.717) is 45.5 Å². The number of sulfonamides is 1. The molecule has 18 heteroatoms. The summed E-state index contributed by atoms with van der Waals surface area (Å²) in [6.07, 6.45) is 0. The monoisotopic (exact) mass is 779 g/mol. The molecule has 0 spiro atoms. The van der Waals surface area contributed by atoms with Gasteiger partial charge >= 0.3 is 10.3 Å². The van der Waals surface area contributed by atoms with Crippen LogP contribution in [0.15, 0.2) is 95.9 Å². The smallest absolute Gasteiger partial charge is 0.329 e. The largest absolute Gasteiger partial charge is 0.349 e. The Bertz CT molecular complexity index is 3020. The van der Waals surface area contributed by atoms with E-state index in [1.165, 1.54) is 12.1 Å². The summed E-state index contributed by atoms with van der Waals surface area (Å²) in [6, 6.07) is 26.8. The van der Waals surface area contributed by atoms with Crippen molar-refractivity contribution in [2.45, 2.75) is 4.90 Å². The fourth-order valence-corrected chi connectivity index (χ4v) is 9.30. The molecule has 4 aromatic carbocycles. The molecule has 2 aliphatic heterocycles. The van der Waals surface area contributed by atoms with Gasteiger partial charge < -0.3 is 15.7 Å². The molecule has 5 heterocycles. The van der Waals surface area contributed by atoms with Gasteiger partial charge in [-0.3, -0.25) is 4.55 Å². The maximum absolute atomic E-state index is 14.0. The Morgan fingerprint density at radius 3 is 1.42 bits per heavy atom. The summed E-state index contributed by atoms with van der Waals surface area (Å²) in [5.41, 5.74) is 9.53. The van der Waals surface area contributed by atoms with Gasteiger partial charge in [0.1, 0.15) is 22.6 Å². The molecule has 263 valence electrons. The Kier molecular flexibility index (Phi) is 7.99. The first kappa shape index (κ1) is 33.7. The van der Waals surface area contributed by atoms with E-state index in [0.717, 1.165) is 16.3 Å². The Hall–Kier alpha value is -5.46. The number of H-pyrrole nitrogens is 2. The Morgan fingerprint density at radius 1 is 0.558 bits per heavy atom. The van der Waals surface area contributed by atoms with Gasteiger partial charge in [-0.15, -0.1) is 0 Å². The van der Waals surface area contributed by atoms with Crippen LogP contribution in [0.1, 0.15) is 0 Å². The fraction of sp³-hybridized carbons (Fsp3) is 0.0588. The van der Waals surface area contributed by atoms with E-state index >= 15 is 0 Å². The zero-order chi connectivity index (χ0) is 35.1. The standard InChI is InChI=1S/C34H24N10O5S2.Cu/c35-16-17-44(51(47,48)49)50(45,46)25-15-7-14-24-26(25)34-42-32-23-13-6-5-12-22(23)30(40-32)38-28-19-9-2-1-8-18(19)27(36-28)37-29-20-10-3-4-11-21(20)31(39-29)41-33(24)43-34;/h1-15H,16-17,35H2,(H,47,48,49)(H2,36,37,38,39,40,41,42,43);. The van der Waals surface area contributed by atoms with Crippen LogP contribution in [-0.4, -0.2) is 78.1 Å². The van der Waals surface area contributed by atoms with Crippen molar-refractivity contribution in [1.29, 1.82) is 0 Å². The van der Waals surface area contributed by atoms with Crippen LogP contribution in [0.2, 0.25) is 0 Å². The number of fused-ring (bicyclic) bond motifs is 20. The molecule has 0 aliphatic carbocycles. The van der Waals surface area contributed by atoms with Gasteiger partial charge in [0, 0.05) is 74.0 Å². The zero-order valence-corrected chi connectivity index (χ0v) is 29.1. The minimum Gasteiger partial charge on any atom is -0.329 e. The number of hydrogen-bond donors (Lipinski definition) is 4. The van der Waals surface area contributed by atoms with Gasteiger partial charge in [-0.1, -0.05) is 88.6 Å². The second-order valence-corrected chi connectivity index (χ2v) is 15.1. The van der Waals surface area contributed by atoms with E-state index < -0.39 is 31.8 Å². The third kappa shape index (κ3) is 5.27. The van der Waals surface area contributed by atoms with Crippen molar-refractivity contribution in [1.82, 2.24) is 43.6 Å². The molecule has 0 saturated heterocycles. The van der Waals surface area contributed by atoms with Crippen molar-refractivity contribution >= 4 is 64.5 Å². The van der Waals surface area contributed by atoms with Crippen LogP contribution in [0.25, 0.3) is 89.7 Å². The van der Waals surface area contributed by atoms with Crippen molar-refractivity contribution in [2.75, 3.05) is 13.1 Å². The van der Waals surface area contributed by atoms with E-state index in [1.807, 2.05) is 72.8 Å². The topological polar surface area (TPSA) is 227 Å². The SMILES string of the molecule is NCCN(S(=O)(=O)O)S(=O)(=O)c1cccc2c3nc4nc(nc5[nH]c(nc6nc(nc([nH]3)c12)-c1ccccc1-6)c1ccccc51)-c1ccccc1-4.[Cu]. The number of benzene rings is 4. The molecule has 15 nitrogen and oxygen atoms in total. The average molecular weight is 780 g/mol. The molecule has 0 unspecified atom stereocenters. The number of rotatable bonds is 5. The van der Waals surface area contributed by atoms with Gasteiger partial charge in [-0.2, -0.15) is 8.42 Å². The van der Waals surface area contributed by atoms with Crippen LogP contribution < -0.4 is 5.73 Å². The van der Waals surface area contributed by atoms with Crippen molar-refractivity contribution in [3.05, 3.63) is 91.0 Å². The molecule has 7 aromatic rings. The first-order valence-corrected chi connectivity index (χ1v) is 18.4. The first-order valence-electron chi connectivity index (χ1n) is 15.6. The Morgan fingerprint density at radius 2 is 0.962 bits per heavy atom. The second-order valence-electron chi connectivity index (χ2n) is 11.7. The maximum atomic E-state index is 14.0. The van der Waals surface area contributed by atoms with E-state index in [4.69, 9.17) is 35.6 Å². The fourth-order valence-electron chi connectivity index (χ4n) is 6.45. The van der Waals surface area contributed by atoms with Crippen LogP contribution >= 0.6 is 0 Å². The van der Waals surface area contributed by atoms with E-state index in [1.54, 1.807) is 6.07 Å². The molecule has 0 fully saturated rings. The minimum absolute atomic E-state index is 0. The maximum Gasteiger partial charge on any atom is 0.349 e. The molecule has 0 atom stereocenters. The number of nitrogens with two attached hydrogens (primary N) is 1. The molecular formula is C34H24CuN10O5S2. The molecule has 0 saturated carbocycles. The van der Waals surface area contributed by atoms with Crippen LogP contribution in [-0.2, 0) is 37.4 Å². The molecule has 52 heavy (non-hydrogen) atoms. The van der Waals surface area contributed by atoms with Crippen molar-refractivity contribution in [3.63, 3.8) is 0 Å². The predicted molar refractivity (Wildman–Crippen MR) is 191 cm³/mol. The van der Waals surface area contributed by atoms with Gasteiger partial charge in [0.05, 0.1) is 4.90 Å². The predicted octanol–water partition coefficient (Wildman–Crippen LogP) is 4.62. The number of nitrogens with one attached hydrogen (secondary N) is 2. The van der Waals surface area contributed by atoms with Gasteiger partial charge in [0.15, 0.2) is 23.3 Å². The van der Waals surface area contributed by atoms with Gasteiger partial charge in [0.25, 0.3) is 10.0 Å². The Balaban J connectivity index is 0.00000387. The van der Waals surface area contributed by atoms with Crippen molar-refractivity contribution < 1.29 is 38.5 Å². The summed E-state index contributed by atoms with van der Waals surface area (Å²) < 4.78 is 62.7. The van der Waals surface area contributed by atoms with Crippen LogP contribution in [0.5, 0.6) is 0 Å². The summed E-state index contributed by atoms with van der Waals surface area (Å²) in [7, 11) is -10.2. The molecule has 5 N–H and O–H groups in total. The van der Waals surface area contributed by atoms with E-state index in [-0.39, 0.29) is 55.2 Å².